The number of hydrogen-bond acceptors (Lipinski definition) is 6. The summed E-state index contributed by atoms with van der Waals surface area (Å²) in [5.41, 5.74) is 0.0857. The maximum atomic E-state index is 12.2. The molecule has 2 heterocycles. The van der Waals surface area contributed by atoms with Gasteiger partial charge < -0.3 is 25.2 Å². The summed E-state index contributed by atoms with van der Waals surface area (Å²) in [7, 11) is -1.35. The third kappa shape index (κ3) is 4.69. The number of rotatable bonds is 5. The Labute approximate surface area is 137 Å². The van der Waals surface area contributed by atoms with Crippen molar-refractivity contribution < 1.29 is 29.5 Å². The van der Waals surface area contributed by atoms with Crippen LogP contribution in [0.3, 0.4) is 0 Å². The molecule has 0 aliphatic carbocycles. The molecule has 0 unspecified atom stereocenters. The van der Waals surface area contributed by atoms with E-state index in [-0.39, 0.29) is 18.4 Å². The monoisotopic (exact) mass is 337 g/mol. The molecule has 0 fully saturated rings. The fourth-order valence-corrected chi connectivity index (χ4v) is 2.88. The summed E-state index contributed by atoms with van der Waals surface area (Å²) in [6.07, 6.45) is 3.17. The predicted molar refractivity (Wildman–Crippen MR) is 85.7 cm³/mol. The Morgan fingerprint density at radius 2 is 2.30 bits per heavy atom. The van der Waals surface area contributed by atoms with Crippen molar-refractivity contribution in [2.45, 2.75) is 24.9 Å². The summed E-state index contributed by atoms with van der Waals surface area (Å²) in [4.78, 5) is 23.5. The summed E-state index contributed by atoms with van der Waals surface area (Å²) in [5, 5.41) is 32.4. The fraction of sp³-hybridized carbons (Fsp3) is 0.286. The minimum Gasteiger partial charge on any atom is -0.515 e. The molecule has 2 rings (SSSR count). The van der Waals surface area contributed by atoms with Gasteiger partial charge in [-0.25, -0.2) is 0 Å². The van der Waals surface area contributed by atoms with Crippen LogP contribution in [0.2, 0.25) is 0 Å². The van der Waals surface area contributed by atoms with Gasteiger partial charge in [0.05, 0.1) is 30.3 Å². The van der Waals surface area contributed by atoms with E-state index < -0.39 is 31.0 Å². The number of aliphatic hydroxyl groups is 1. The van der Waals surface area contributed by atoms with Crippen molar-refractivity contribution in [3.63, 3.8) is 0 Å². The molecule has 9 heteroatoms. The quantitative estimate of drug-likeness (QED) is 0.275. The van der Waals surface area contributed by atoms with Crippen LogP contribution in [0.1, 0.15) is 17.7 Å². The van der Waals surface area contributed by atoms with Crippen molar-refractivity contribution in [1.82, 2.24) is 5.32 Å². The number of nitrogens with one attached hydrogen (secondary N) is 1. The number of aliphatic carboxylic acids is 1. The van der Waals surface area contributed by atoms with Gasteiger partial charge in [-0.1, -0.05) is 18.2 Å². The Bertz CT molecular complexity index is 615. The van der Waals surface area contributed by atoms with Crippen molar-refractivity contribution >= 4 is 35.9 Å². The first-order valence-electron chi connectivity index (χ1n) is 6.92. The fourth-order valence-electron chi connectivity index (χ4n) is 2.14. The Hall–Kier alpha value is -2.10. The minimum atomic E-state index is -1.35. The van der Waals surface area contributed by atoms with E-state index in [2.05, 4.69) is 5.32 Å². The van der Waals surface area contributed by atoms with Gasteiger partial charge in [0.15, 0.2) is 0 Å². The lowest BCUT2D eigenvalue weighted by Crippen LogP contribution is -2.48. The molecule has 0 bridgehead atoms. The summed E-state index contributed by atoms with van der Waals surface area (Å²) < 4.78 is 5.23. The second kappa shape index (κ2) is 7.95. The van der Waals surface area contributed by atoms with E-state index in [0.717, 1.165) is 0 Å². The summed E-state index contributed by atoms with van der Waals surface area (Å²) in [5.74, 6) is -2.34. The molecule has 1 aliphatic rings. The Morgan fingerprint density at radius 3 is 2.91 bits per heavy atom. The Kier molecular flexibility index (Phi) is 5.97. The average molecular weight is 337 g/mol. The van der Waals surface area contributed by atoms with Gasteiger partial charge >= 0.3 is 13.1 Å². The highest BCUT2D eigenvalue weighted by Gasteiger charge is 2.33. The predicted octanol–water partition coefficient (Wildman–Crippen LogP) is 0.971. The van der Waals surface area contributed by atoms with Crippen LogP contribution in [0.4, 0.5) is 0 Å². The first-order chi connectivity index (χ1) is 11.0. The van der Waals surface area contributed by atoms with Gasteiger partial charge in [0.2, 0.25) is 0 Å². The van der Waals surface area contributed by atoms with Crippen LogP contribution >= 0.6 is 11.3 Å². The molecule has 1 amide bonds. The lowest BCUT2D eigenvalue weighted by Gasteiger charge is -2.20. The molecule has 1 aromatic rings. The number of thiophene rings is 1. The average Bonchev–Trinajstić information content (AvgIpc) is 2.94. The number of aliphatic hydroxyl groups excluding tert-OH is 1. The van der Waals surface area contributed by atoms with Gasteiger partial charge in [-0.05, 0) is 17.9 Å². The maximum absolute atomic E-state index is 12.2. The third-order valence-corrected chi connectivity index (χ3v) is 4.15. The number of carbonyl (C=O) groups excluding carboxylic acids is 1. The largest absolute Gasteiger partial charge is 0.515 e. The van der Waals surface area contributed by atoms with Crippen LogP contribution in [-0.4, -0.2) is 46.3 Å². The molecule has 122 valence electrons. The summed E-state index contributed by atoms with van der Waals surface area (Å²) in [6.45, 7) is 0. The van der Waals surface area contributed by atoms with Crippen molar-refractivity contribution in [2.24, 2.45) is 0 Å². The van der Waals surface area contributed by atoms with E-state index in [1.807, 2.05) is 0 Å². The molecule has 0 spiro atoms. The standard InChI is InChI=1S/C14H16BNO6S/c17-8-10(11-4-2-6-23-11)14(20)16-12-5-1-3-9(7-13(18)19)22-15(12)21/h1-4,6,8-9,12,17,21H,5,7H2,(H,16,20)(H,18,19)/b10-8+/t9-,12+/m1/s1. The van der Waals surface area contributed by atoms with Gasteiger partial charge in [-0.15, -0.1) is 11.3 Å². The lowest BCUT2D eigenvalue weighted by molar-refractivity contribution is -0.138. The van der Waals surface area contributed by atoms with Gasteiger partial charge in [-0.3, -0.25) is 9.59 Å². The van der Waals surface area contributed by atoms with Gasteiger partial charge in [-0.2, -0.15) is 0 Å². The van der Waals surface area contributed by atoms with Crippen LogP contribution in [0.15, 0.2) is 35.9 Å². The van der Waals surface area contributed by atoms with Crippen LogP contribution < -0.4 is 5.32 Å². The summed E-state index contributed by atoms with van der Waals surface area (Å²) in [6, 6.07) is 3.44. The number of carboxylic acids is 1. The number of amides is 1. The van der Waals surface area contributed by atoms with Crippen molar-refractivity contribution in [3.8, 4) is 0 Å². The van der Waals surface area contributed by atoms with Crippen molar-refractivity contribution in [3.05, 3.63) is 40.8 Å². The molecule has 7 nitrogen and oxygen atoms in total. The van der Waals surface area contributed by atoms with Crippen LogP contribution in [-0.2, 0) is 14.2 Å². The topological polar surface area (TPSA) is 116 Å². The molecular weight excluding hydrogens is 321 g/mol. The third-order valence-electron chi connectivity index (χ3n) is 3.25. The first-order valence-corrected chi connectivity index (χ1v) is 7.80. The maximum Gasteiger partial charge on any atom is 0.478 e. The molecule has 0 saturated heterocycles. The minimum absolute atomic E-state index is 0.0857. The van der Waals surface area contributed by atoms with Gasteiger partial charge in [0.25, 0.3) is 5.91 Å². The van der Waals surface area contributed by atoms with Crippen LogP contribution in [0.5, 0.6) is 0 Å². The molecule has 0 saturated carbocycles. The van der Waals surface area contributed by atoms with E-state index in [0.29, 0.717) is 11.1 Å². The number of carbonyl (C=O) groups is 2. The second-order valence-electron chi connectivity index (χ2n) is 4.93. The van der Waals surface area contributed by atoms with Crippen LogP contribution in [0.25, 0.3) is 5.57 Å². The number of carboxylic acid groups (broad SMARTS) is 1. The SMILES string of the molecule is O=C(O)C[C@H]1C=CC[C@H](NC(=O)/C(=C/O)c2cccs2)B(O)O1. The van der Waals surface area contributed by atoms with Gasteiger partial charge in [0, 0.05) is 4.88 Å². The molecule has 1 aliphatic heterocycles. The van der Waals surface area contributed by atoms with E-state index in [9.17, 15) is 19.7 Å². The van der Waals surface area contributed by atoms with E-state index in [1.165, 1.54) is 11.3 Å². The van der Waals surface area contributed by atoms with Crippen molar-refractivity contribution in [2.75, 3.05) is 0 Å². The van der Waals surface area contributed by atoms with Crippen molar-refractivity contribution in [1.29, 1.82) is 0 Å². The summed E-state index contributed by atoms with van der Waals surface area (Å²) >= 11 is 1.30. The Balaban J connectivity index is 2.01. The normalized spacial score (nSPS) is 21.8. The smallest absolute Gasteiger partial charge is 0.478 e. The van der Waals surface area contributed by atoms with Gasteiger partial charge in [0.1, 0.15) is 0 Å². The lowest BCUT2D eigenvalue weighted by atomic mass is 9.77. The highest BCUT2D eigenvalue weighted by atomic mass is 32.1. The van der Waals surface area contributed by atoms with Crippen LogP contribution in [0, 0.1) is 0 Å². The molecule has 4 N–H and O–H groups in total. The molecule has 2 atom stereocenters. The molecular formula is C14H16BNO6S. The van der Waals surface area contributed by atoms with E-state index in [4.69, 9.17) is 9.76 Å². The zero-order chi connectivity index (χ0) is 16.8. The van der Waals surface area contributed by atoms with E-state index >= 15 is 0 Å². The highest BCUT2D eigenvalue weighted by Crippen LogP contribution is 2.21. The zero-order valence-corrected chi connectivity index (χ0v) is 12.9. The zero-order valence-electron chi connectivity index (χ0n) is 12.1. The second-order valence-corrected chi connectivity index (χ2v) is 5.87. The van der Waals surface area contributed by atoms with E-state index in [1.54, 1.807) is 29.7 Å². The molecule has 0 aromatic carbocycles. The molecule has 1 aromatic heterocycles. The Morgan fingerprint density at radius 1 is 1.52 bits per heavy atom. The molecule has 23 heavy (non-hydrogen) atoms. The number of hydrogen-bond donors (Lipinski definition) is 4. The molecule has 0 radical (unpaired) electrons. The highest BCUT2D eigenvalue weighted by molar-refractivity contribution is 7.11. The first kappa shape index (κ1) is 17.3.